The number of aromatic nitrogens is 2. The summed E-state index contributed by atoms with van der Waals surface area (Å²) in [5.41, 5.74) is 2.02. The van der Waals surface area contributed by atoms with E-state index in [1.54, 1.807) is 31.2 Å². The highest BCUT2D eigenvalue weighted by Crippen LogP contribution is 2.25. The van der Waals surface area contributed by atoms with Gasteiger partial charge in [-0.15, -0.1) is 0 Å². The van der Waals surface area contributed by atoms with Gasteiger partial charge in [-0.25, -0.2) is 18.3 Å². The lowest BCUT2D eigenvalue weighted by atomic mass is 10.1. The zero-order chi connectivity index (χ0) is 24.8. The van der Waals surface area contributed by atoms with E-state index in [1.807, 2.05) is 30.3 Å². The summed E-state index contributed by atoms with van der Waals surface area (Å²) in [5.74, 6) is -1.09. The molecule has 4 rings (SSSR count). The second-order valence-corrected chi connectivity index (χ2v) is 7.64. The molecule has 0 saturated carbocycles. The number of likely N-dealkylation sites (N-methyl/N-ethyl adjacent to an activating group) is 1. The van der Waals surface area contributed by atoms with E-state index in [2.05, 4.69) is 15.7 Å². The molecule has 0 atom stereocenters. The molecule has 3 amide bonds. The number of urea groups is 1. The number of carbonyl (C=O) groups excluding carboxylic acids is 2. The number of carbonyl (C=O) groups is 2. The molecule has 0 saturated heterocycles. The monoisotopic (exact) mass is 475 g/mol. The average molecular weight is 475 g/mol. The first-order valence-electron chi connectivity index (χ1n) is 11.0. The lowest BCUT2D eigenvalue weighted by molar-refractivity contribution is -0.116. The van der Waals surface area contributed by atoms with Crippen LogP contribution in [0.15, 0.2) is 84.9 Å². The van der Waals surface area contributed by atoms with Gasteiger partial charge < -0.3 is 15.5 Å². The van der Waals surface area contributed by atoms with Crippen molar-refractivity contribution in [2.24, 2.45) is 0 Å². The Morgan fingerprint density at radius 3 is 2.29 bits per heavy atom. The van der Waals surface area contributed by atoms with E-state index >= 15 is 0 Å². The average Bonchev–Trinajstić information content (AvgIpc) is 3.28. The first-order valence-corrected chi connectivity index (χ1v) is 11.0. The fourth-order valence-electron chi connectivity index (χ4n) is 3.44. The molecule has 3 aromatic carbocycles. The van der Waals surface area contributed by atoms with Crippen LogP contribution in [-0.2, 0) is 4.79 Å². The number of amides is 3. The Balaban J connectivity index is 1.54. The van der Waals surface area contributed by atoms with Crippen LogP contribution in [0.5, 0.6) is 0 Å². The van der Waals surface area contributed by atoms with Crippen LogP contribution < -0.4 is 10.6 Å². The molecule has 2 N–H and O–H groups in total. The topological polar surface area (TPSA) is 79.3 Å². The predicted octanol–water partition coefficient (Wildman–Crippen LogP) is 5.31. The van der Waals surface area contributed by atoms with Gasteiger partial charge in [0.1, 0.15) is 24.0 Å². The second-order valence-electron chi connectivity index (χ2n) is 7.64. The van der Waals surface area contributed by atoms with Gasteiger partial charge in [0.05, 0.1) is 17.1 Å². The number of nitrogens with zero attached hydrogens (tertiary/aromatic N) is 3. The summed E-state index contributed by atoms with van der Waals surface area (Å²) >= 11 is 0. The molecule has 35 heavy (non-hydrogen) atoms. The van der Waals surface area contributed by atoms with Crippen LogP contribution in [0.3, 0.4) is 0 Å². The molecule has 7 nitrogen and oxygen atoms in total. The molecule has 0 spiro atoms. The number of rotatable bonds is 7. The summed E-state index contributed by atoms with van der Waals surface area (Å²) in [4.78, 5) is 26.7. The first-order chi connectivity index (χ1) is 16.9. The minimum Gasteiger partial charge on any atom is -0.315 e. The standard InChI is InChI=1S/C26H23F2N5O2/c1-2-32(26(35)29-22-11-7-6-10-21(22)28)17-25(34)30-24-16-23(18-8-4-3-5-9-18)31-33(24)20-14-12-19(27)13-15-20/h3-16H,2,17H2,1H3,(H,29,35)(H,30,34). The maximum atomic E-state index is 13.9. The molecule has 1 heterocycles. The van der Waals surface area contributed by atoms with Crippen molar-refractivity contribution in [2.75, 3.05) is 23.7 Å². The van der Waals surface area contributed by atoms with Gasteiger partial charge in [0.2, 0.25) is 5.91 Å². The van der Waals surface area contributed by atoms with Crippen LogP contribution in [-0.4, -0.2) is 39.7 Å². The van der Waals surface area contributed by atoms with Crippen molar-refractivity contribution in [3.05, 3.63) is 96.6 Å². The van der Waals surface area contributed by atoms with E-state index < -0.39 is 23.6 Å². The minimum atomic E-state index is -0.607. The normalized spacial score (nSPS) is 10.6. The van der Waals surface area contributed by atoms with E-state index in [4.69, 9.17) is 0 Å². The van der Waals surface area contributed by atoms with Crippen molar-refractivity contribution in [3.63, 3.8) is 0 Å². The molecule has 0 aliphatic carbocycles. The van der Waals surface area contributed by atoms with Crippen molar-refractivity contribution in [3.8, 4) is 16.9 Å². The van der Waals surface area contributed by atoms with Crippen molar-refractivity contribution in [1.82, 2.24) is 14.7 Å². The van der Waals surface area contributed by atoms with E-state index in [-0.39, 0.29) is 18.8 Å². The Kier molecular flexibility index (Phi) is 7.15. The smallest absolute Gasteiger partial charge is 0.315 e. The number of benzene rings is 3. The second kappa shape index (κ2) is 10.6. The number of halogens is 2. The van der Waals surface area contributed by atoms with E-state index in [9.17, 15) is 18.4 Å². The van der Waals surface area contributed by atoms with Gasteiger partial charge in [-0.2, -0.15) is 5.10 Å². The number of hydrogen-bond donors (Lipinski definition) is 2. The molecule has 1 aromatic heterocycles. The molecular formula is C26H23F2N5O2. The van der Waals surface area contributed by atoms with Crippen LogP contribution in [0.2, 0.25) is 0 Å². The third-order valence-corrected chi connectivity index (χ3v) is 5.24. The van der Waals surface area contributed by atoms with E-state index in [0.29, 0.717) is 17.2 Å². The highest BCUT2D eigenvalue weighted by molar-refractivity contribution is 5.97. The van der Waals surface area contributed by atoms with Crippen LogP contribution in [0.4, 0.5) is 25.1 Å². The first kappa shape index (κ1) is 23.6. The molecule has 0 fully saturated rings. The van der Waals surface area contributed by atoms with Gasteiger partial charge in [0.25, 0.3) is 0 Å². The van der Waals surface area contributed by atoms with Gasteiger partial charge in [-0.05, 0) is 43.3 Å². The third kappa shape index (κ3) is 5.70. The fourth-order valence-corrected chi connectivity index (χ4v) is 3.44. The molecule has 0 bridgehead atoms. The summed E-state index contributed by atoms with van der Waals surface area (Å²) in [6.07, 6.45) is 0. The molecular weight excluding hydrogens is 452 g/mol. The molecule has 0 aliphatic heterocycles. The quantitative estimate of drug-likeness (QED) is 0.380. The maximum absolute atomic E-state index is 13.9. The summed E-state index contributed by atoms with van der Waals surface area (Å²) in [6, 6.07) is 22.0. The SMILES string of the molecule is CCN(CC(=O)Nc1cc(-c2ccccc2)nn1-c1ccc(F)cc1)C(=O)Nc1ccccc1F. The van der Waals surface area contributed by atoms with E-state index in [0.717, 1.165) is 5.56 Å². The fraction of sp³-hybridized carbons (Fsp3) is 0.115. The maximum Gasteiger partial charge on any atom is 0.322 e. The predicted molar refractivity (Wildman–Crippen MR) is 130 cm³/mol. The third-order valence-electron chi connectivity index (χ3n) is 5.24. The van der Waals surface area contributed by atoms with Gasteiger partial charge in [-0.3, -0.25) is 4.79 Å². The zero-order valence-corrected chi connectivity index (χ0v) is 18.9. The van der Waals surface area contributed by atoms with Crippen LogP contribution >= 0.6 is 0 Å². The Morgan fingerprint density at radius 2 is 1.60 bits per heavy atom. The van der Waals surface area contributed by atoms with Gasteiger partial charge in [0, 0.05) is 18.2 Å². The molecule has 178 valence electrons. The molecule has 0 radical (unpaired) electrons. The van der Waals surface area contributed by atoms with Crippen molar-refractivity contribution >= 4 is 23.4 Å². The van der Waals surface area contributed by atoms with Crippen LogP contribution in [0, 0.1) is 11.6 Å². The molecule has 4 aromatic rings. The summed E-state index contributed by atoms with van der Waals surface area (Å²) in [5, 5.41) is 9.84. The Bertz CT molecular complexity index is 1320. The number of hydrogen-bond acceptors (Lipinski definition) is 3. The Hall–Kier alpha value is -4.53. The van der Waals surface area contributed by atoms with Crippen molar-refractivity contribution in [2.45, 2.75) is 6.92 Å². The van der Waals surface area contributed by atoms with Crippen molar-refractivity contribution < 1.29 is 18.4 Å². The van der Waals surface area contributed by atoms with Crippen LogP contribution in [0.1, 0.15) is 6.92 Å². The number of nitrogens with one attached hydrogen (secondary N) is 2. The largest absolute Gasteiger partial charge is 0.322 e. The Labute approximate surface area is 201 Å². The molecule has 9 heteroatoms. The molecule has 0 unspecified atom stereocenters. The summed E-state index contributed by atoms with van der Waals surface area (Å²) in [7, 11) is 0. The van der Waals surface area contributed by atoms with Crippen LogP contribution in [0.25, 0.3) is 16.9 Å². The number of para-hydroxylation sites is 1. The minimum absolute atomic E-state index is 0.0262. The highest BCUT2D eigenvalue weighted by atomic mass is 19.1. The summed E-state index contributed by atoms with van der Waals surface area (Å²) < 4.78 is 28.8. The zero-order valence-electron chi connectivity index (χ0n) is 18.9. The lowest BCUT2D eigenvalue weighted by Gasteiger charge is -2.21. The lowest BCUT2D eigenvalue weighted by Crippen LogP contribution is -2.40. The number of anilines is 2. The highest BCUT2D eigenvalue weighted by Gasteiger charge is 2.19. The van der Waals surface area contributed by atoms with Crippen molar-refractivity contribution in [1.29, 1.82) is 0 Å². The van der Waals surface area contributed by atoms with Gasteiger partial charge in [0.15, 0.2) is 0 Å². The van der Waals surface area contributed by atoms with Gasteiger partial charge >= 0.3 is 6.03 Å². The Morgan fingerprint density at radius 1 is 0.914 bits per heavy atom. The van der Waals surface area contributed by atoms with E-state index in [1.165, 1.54) is 39.9 Å². The van der Waals surface area contributed by atoms with Gasteiger partial charge in [-0.1, -0.05) is 42.5 Å². The molecule has 0 aliphatic rings. The summed E-state index contributed by atoms with van der Waals surface area (Å²) in [6.45, 7) is 1.66.